The van der Waals surface area contributed by atoms with Gasteiger partial charge in [0.1, 0.15) is 13.2 Å². The summed E-state index contributed by atoms with van der Waals surface area (Å²) in [4.78, 5) is 24.0. The Bertz CT molecular complexity index is 369. The Morgan fingerprint density at radius 1 is 0.533 bits per heavy atom. The van der Waals surface area contributed by atoms with E-state index in [4.69, 9.17) is 28.4 Å². The molecular formula is C22H42O8. The fraction of sp³-hybridized carbons (Fsp3) is 0.909. The third kappa shape index (κ3) is 20.1. The quantitative estimate of drug-likeness (QED) is 0.190. The van der Waals surface area contributed by atoms with Gasteiger partial charge >= 0.3 is 11.9 Å². The van der Waals surface area contributed by atoms with Crippen molar-refractivity contribution in [2.75, 3.05) is 66.1 Å². The number of carbonyl (C=O) groups is 2. The molecule has 8 heteroatoms. The molecule has 0 aromatic carbocycles. The van der Waals surface area contributed by atoms with Crippen molar-refractivity contribution < 1.29 is 38.0 Å². The maximum Gasteiger partial charge on any atom is 0.306 e. The fourth-order valence-corrected chi connectivity index (χ4v) is 2.64. The average molecular weight is 435 g/mol. The summed E-state index contributed by atoms with van der Waals surface area (Å²) in [6, 6.07) is 0. The van der Waals surface area contributed by atoms with Crippen LogP contribution in [-0.4, -0.2) is 78.0 Å². The van der Waals surface area contributed by atoms with E-state index in [0.29, 0.717) is 39.6 Å². The van der Waals surface area contributed by atoms with Crippen LogP contribution in [0.2, 0.25) is 0 Å². The van der Waals surface area contributed by atoms with E-state index < -0.39 is 0 Å². The number of hydrogen-bond acceptors (Lipinski definition) is 8. The largest absolute Gasteiger partial charge is 0.463 e. The molecule has 0 rings (SSSR count). The van der Waals surface area contributed by atoms with Crippen LogP contribution in [0.3, 0.4) is 0 Å². The normalized spacial score (nSPS) is 11.1. The van der Waals surface area contributed by atoms with Crippen molar-refractivity contribution in [2.45, 2.75) is 59.3 Å². The van der Waals surface area contributed by atoms with E-state index in [1.54, 1.807) is 0 Å². The van der Waals surface area contributed by atoms with Gasteiger partial charge in [0.05, 0.1) is 39.6 Å². The smallest absolute Gasteiger partial charge is 0.306 e. The highest BCUT2D eigenvalue weighted by atomic mass is 16.6. The third-order valence-electron chi connectivity index (χ3n) is 4.03. The zero-order valence-corrected chi connectivity index (χ0v) is 19.2. The highest BCUT2D eigenvalue weighted by Crippen LogP contribution is 2.17. The predicted octanol–water partition coefficient (Wildman–Crippen LogP) is 3.16. The Morgan fingerprint density at radius 3 is 1.27 bits per heavy atom. The summed E-state index contributed by atoms with van der Waals surface area (Å²) in [7, 11) is 0. The van der Waals surface area contributed by atoms with Crippen LogP contribution in [0.25, 0.3) is 0 Å². The summed E-state index contributed by atoms with van der Waals surface area (Å²) in [6.07, 6.45) is 4.01. The number of ether oxygens (including phenoxy) is 6. The molecule has 0 fully saturated rings. The summed E-state index contributed by atoms with van der Waals surface area (Å²) >= 11 is 0. The van der Waals surface area contributed by atoms with Crippen LogP contribution in [0.5, 0.6) is 0 Å². The summed E-state index contributed by atoms with van der Waals surface area (Å²) in [5.41, 5.74) is 0. The molecule has 30 heavy (non-hydrogen) atoms. The number of hydrogen-bond donors (Lipinski definition) is 0. The molecule has 0 N–H and O–H groups in total. The van der Waals surface area contributed by atoms with Gasteiger partial charge in [0, 0.05) is 26.1 Å². The van der Waals surface area contributed by atoms with E-state index in [9.17, 15) is 9.59 Å². The first kappa shape index (κ1) is 28.8. The topological polar surface area (TPSA) is 89.5 Å². The molecule has 0 unspecified atom stereocenters. The van der Waals surface area contributed by atoms with E-state index in [1.807, 2.05) is 20.8 Å². The van der Waals surface area contributed by atoms with E-state index in [1.165, 1.54) is 0 Å². The first-order valence-electron chi connectivity index (χ1n) is 11.3. The minimum atomic E-state index is -0.317. The Morgan fingerprint density at radius 2 is 0.900 bits per heavy atom. The summed E-state index contributed by atoms with van der Waals surface area (Å²) in [5.74, 6) is -0.716. The molecule has 0 aliphatic carbocycles. The second-order valence-electron chi connectivity index (χ2n) is 6.95. The van der Waals surface area contributed by atoms with E-state index in [0.717, 1.165) is 38.9 Å². The molecule has 0 saturated carbocycles. The first-order chi connectivity index (χ1) is 14.6. The molecule has 0 atom stereocenters. The Balaban J connectivity index is 3.80. The molecule has 0 aromatic rings. The first-order valence-corrected chi connectivity index (χ1v) is 11.3. The maximum absolute atomic E-state index is 12.0. The molecule has 0 saturated heterocycles. The molecule has 0 aromatic heterocycles. The lowest BCUT2D eigenvalue weighted by atomic mass is 9.96. The highest BCUT2D eigenvalue weighted by Gasteiger charge is 2.19. The van der Waals surface area contributed by atoms with E-state index >= 15 is 0 Å². The van der Waals surface area contributed by atoms with Crippen molar-refractivity contribution in [3.05, 3.63) is 0 Å². The zero-order valence-electron chi connectivity index (χ0n) is 19.2. The van der Waals surface area contributed by atoms with Gasteiger partial charge in [0.15, 0.2) is 0 Å². The van der Waals surface area contributed by atoms with Crippen LogP contribution in [0.4, 0.5) is 0 Å². The lowest BCUT2D eigenvalue weighted by Crippen LogP contribution is -2.19. The van der Waals surface area contributed by atoms with Crippen molar-refractivity contribution in [1.29, 1.82) is 0 Å². The molecule has 0 bridgehead atoms. The Labute approximate surface area is 181 Å². The van der Waals surface area contributed by atoms with Crippen LogP contribution in [0.1, 0.15) is 59.3 Å². The number of esters is 2. The van der Waals surface area contributed by atoms with E-state index in [-0.39, 0.29) is 43.9 Å². The summed E-state index contributed by atoms with van der Waals surface area (Å²) < 4.78 is 31.7. The second-order valence-corrected chi connectivity index (χ2v) is 6.95. The molecule has 0 heterocycles. The van der Waals surface area contributed by atoms with Crippen LogP contribution in [0, 0.1) is 5.92 Å². The molecule has 0 radical (unpaired) electrons. The van der Waals surface area contributed by atoms with Gasteiger partial charge in [-0.25, -0.2) is 0 Å². The lowest BCUT2D eigenvalue weighted by molar-refractivity contribution is -0.149. The molecule has 0 spiro atoms. The van der Waals surface area contributed by atoms with Crippen molar-refractivity contribution in [2.24, 2.45) is 5.92 Å². The van der Waals surface area contributed by atoms with Gasteiger partial charge in [-0.3, -0.25) is 9.59 Å². The van der Waals surface area contributed by atoms with Gasteiger partial charge in [0.25, 0.3) is 0 Å². The van der Waals surface area contributed by atoms with Crippen molar-refractivity contribution in [3.8, 4) is 0 Å². The minimum Gasteiger partial charge on any atom is -0.463 e. The maximum atomic E-state index is 12.0. The molecule has 0 aliphatic heterocycles. The standard InChI is InChI=1S/C22H42O8/c1-4-7-20(18-21(23)29-16-14-27-12-10-25-8-5-2)19-22(24)30-17-15-28-13-11-26-9-6-3/h20H,4-19H2,1-3H3. The van der Waals surface area contributed by atoms with Crippen LogP contribution in [0.15, 0.2) is 0 Å². The second kappa shape index (κ2) is 22.5. The van der Waals surface area contributed by atoms with Crippen LogP contribution in [-0.2, 0) is 38.0 Å². The Hall–Kier alpha value is -1.22. The molecule has 8 nitrogen and oxygen atoms in total. The SMILES string of the molecule is CCCOCCOCCOC(=O)CC(CCC)CC(=O)OCCOCCOCCC. The highest BCUT2D eigenvalue weighted by molar-refractivity contribution is 5.73. The predicted molar refractivity (Wildman–Crippen MR) is 113 cm³/mol. The lowest BCUT2D eigenvalue weighted by Gasteiger charge is -2.15. The third-order valence-corrected chi connectivity index (χ3v) is 4.03. The van der Waals surface area contributed by atoms with Gasteiger partial charge in [0.2, 0.25) is 0 Å². The zero-order chi connectivity index (χ0) is 22.3. The Kier molecular flexibility index (Phi) is 21.6. The van der Waals surface area contributed by atoms with Gasteiger partial charge in [-0.05, 0) is 25.2 Å². The van der Waals surface area contributed by atoms with Crippen molar-refractivity contribution >= 4 is 11.9 Å². The molecule has 0 aliphatic rings. The average Bonchev–Trinajstić information content (AvgIpc) is 2.72. The molecule has 178 valence electrons. The number of rotatable bonds is 22. The summed E-state index contributed by atoms with van der Waals surface area (Å²) in [5, 5.41) is 0. The van der Waals surface area contributed by atoms with Crippen LogP contribution >= 0.6 is 0 Å². The van der Waals surface area contributed by atoms with Gasteiger partial charge in [-0.1, -0.05) is 27.2 Å². The van der Waals surface area contributed by atoms with Gasteiger partial charge < -0.3 is 28.4 Å². The number of carbonyl (C=O) groups excluding carboxylic acids is 2. The minimum absolute atomic E-state index is 0.0817. The van der Waals surface area contributed by atoms with Crippen molar-refractivity contribution in [3.63, 3.8) is 0 Å². The molecular weight excluding hydrogens is 392 g/mol. The van der Waals surface area contributed by atoms with E-state index in [2.05, 4.69) is 0 Å². The van der Waals surface area contributed by atoms with Crippen molar-refractivity contribution in [1.82, 2.24) is 0 Å². The van der Waals surface area contributed by atoms with Gasteiger partial charge in [-0.15, -0.1) is 0 Å². The monoisotopic (exact) mass is 434 g/mol. The fourth-order valence-electron chi connectivity index (χ4n) is 2.64. The van der Waals surface area contributed by atoms with Gasteiger partial charge in [-0.2, -0.15) is 0 Å². The van der Waals surface area contributed by atoms with Crippen LogP contribution < -0.4 is 0 Å². The summed E-state index contributed by atoms with van der Waals surface area (Å²) in [6.45, 7) is 10.7. The molecule has 0 amide bonds.